The van der Waals surface area contributed by atoms with Gasteiger partial charge in [0.15, 0.2) is 0 Å². The van der Waals surface area contributed by atoms with Crippen LogP contribution < -0.4 is 11.1 Å². The number of thiocarbonyl (C=S) groups is 1. The van der Waals surface area contributed by atoms with Crippen molar-refractivity contribution < 1.29 is 9.53 Å². The minimum absolute atomic E-state index is 0.143. The summed E-state index contributed by atoms with van der Waals surface area (Å²) in [6, 6.07) is 0. The third-order valence-electron chi connectivity index (χ3n) is 2.77. The van der Waals surface area contributed by atoms with Crippen LogP contribution in [-0.2, 0) is 9.53 Å². The number of ether oxygens (including phenoxy) is 1. The summed E-state index contributed by atoms with van der Waals surface area (Å²) in [5, 5.41) is 2.77. The molecule has 0 aromatic heterocycles. The zero-order chi connectivity index (χ0) is 12.2. The van der Waals surface area contributed by atoms with E-state index in [0.29, 0.717) is 13.2 Å². The van der Waals surface area contributed by atoms with Gasteiger partial charge in [-0.05, 0) is 32.6 Å². The quantitative estimate of drug-likeness (QED) is 0.514. The second-order valence-corrected chi connectivity index (χ2v) is 5.20. The molecule has 0 atom stereocenters. The average Bonchev–Trinajstić information content (AvgIpc) is 3.00. The molecule has 4 nitrogen and oxygen atoms in total. The molecule has 0 aromatic rings. The maximum absolute atomic E-state index is 11.7. The molecule has 0 saturated heterocycles. The minimum Gasteiger partial charge on any atom is -0.392 e. The number of amides is 1. The van der Waals surface area contributed by atoms with Crippen LogP contribution in [0.25, 0.3) is 0 Å². The van der Waals surface area contributed by atoms with Crippen LogP contribution in [0, 0.1) is 11.3 Å². The summed E-state index contributed by atoms with van der Waals surface area (Å²) in [4.78, 5) is 11.9. The summed E-state index contributed by atoms with van der Waals surface area (Å²) >= 11 is 4.84. The lowest BCUT2D eigenvalue weighted by molar-refractivity contribution is -0.126. The van der Waals surface area contributed by atoms with Gasteiger partial charge in [0.2, 0.25) is 5.91 Å². The first kappa shape index (κ1) is 13.4. The summed E-state index contributed by atoms with van der Waals surface area (Å²) in [6.45, 7) is 5.31. The van der Waals surface area contributed by atoms with Gasteiger partial charge in [-0.15, -0.1) is 0 Å². The Bertz CT molecular complexity index is 275. The lowest BCUT2D eigenvalue weighted by atomic mass is 9.92. The van der Waals surface area contributed by atoms with Crippen molar-refractivity contribution in [1.82, 2.24) is 5.32 Å². The zero-order valence-electron chi connectivity index (χ0n) is 9.91. The van der Waals surface area contributed by atoms with E-state index >= 15 is 0 Å². The van der Waals surface area contributed by atoms with Crippen molar-refractivity contribution in [3.05, 3.63) is 0 Å². The van der Waals surface area contributed by atoms with Crippen LogP contribution in [0.15, 0.2) is 0 Å². The van der Waals surface area contributed by atoms with Crippen LogP contribution in [0.1, 0.15) is 26.7 Å². The van der Waals surface area contributed by atoms with Crippen molar-refractivity contribution >= 4 is 23.1 Å². The predicted molar refractivity (Wildman–Crippen MR) is 67.1 cm³/mol. The minimum atomic E-state index is -0.786. The lowest BCUT2D eigenvalue weighted by Crippen LogP contribution is -2.45. The standard InChI is InChI=1S/C11H20N2O2S/c1-11(2,9(12)16)10(14)13-5-6-15-7-8-3-4-8/h8H,3-7H2,1-2H3,(H2,12,16)(H,13,14). The van der Waals surface area contributed by atoms with Crippen molar-refractivity contribution in [3.63, 3.8) is 0 Å². The molecule has 0 spiro atoms. The molecule has 0 aromatic carbocycles. The van der Waals surface area contributed by atoms with E-state index in [-0.39, 0.29) is 10.9 Å². The molecule has 1 fully saturated rings. The third kappa shape index (κ3) is 4.06. The molecule has 0 radical (unpaired) electrons. The van der Waals surface area contributed by atoms with Gasteiger partial charge in [-0.3, -0.25) is 4.79 Å². The Kier molecular flexibility index (Phi) is 4.68. The highest BCUT2D eigenvalue weighted by atomic mass is 32.1. The Morgan fingerprint density at radius 1 is 1.56 bits per heavy atom. The van der Waals surface area contributed by atoms with Crippen LogP contribution in [0.2, 0.25) is 0 Å². The number of hydrogen-bond donors (Lipinski definition) is 2. The molecule has 1 amide bonds. The monoisotopic (exact) mass is 244 g/mol. The summed E-state index contributed by atoms with van der Waals surface area (Å²) in [5.74, 6) is 0.610. The molecule has 1 saturated carbocycles. The lowest BCUT2D eigenvalue weighted by Gasteiger charge is -2.21. The van der Waals surface area contributed by atoms with Gasteiger partial charge in [0.1, 0.15) is 0 Å². The summed E-state index contributed by atoms with van der Waals surface area (Å²) in [6.07, 6.45) is 2.56. The molecular formula is C11H20N2O2S. The molecule has 16 heavy (non-hydrogen) atoms. The molecule has 0 bridgehead atoms. The Morgan fingerprint density at radius 2 is 2.19 bits per heavy atom. The van der Waals surface area contributed by atoms with Crippen LogP contribution in [0.4, 0.5) is 0 Å². The number of hydrogen-bond acceptors (Lipinski definition) is 3. The molecule has 0 aliphatic heterocycles. The van der Waals surface area contributed by atoms with Gasteiger partial charge in [-0.1, -0.05) is 12.2 Å². The fourth-order valence-corrected chi connectivity index (χ4v) is 1.20. The molecule has 1 aliphatic rings. The number of carbonyl (C=O) groups excluding carboxylic acids is 1. The van der Waals surface area contributed by atoms with E-state index in [1.54, 1.807) is 13.8 Å². The van der Waals surface area contributed by atoms with Crippen LogP contribution in [0.3, 0.4) is 0 Å². The normalized spacial score (nSPS) is 15.9. The summed E-state index contributed by atoms with van der Waals surface area (Å²) < 4.78 is 5.40. The van der Waals surface area contributed by atoms with Crippen molar-refractivity contribution in [3.8, 4) is 0 Å². The maximum atomic E-state index is 11.7. The maximum Gasteiger partial charge on any atom is 0.232 e. The summed E-state index contributed by atoms with van der Waals surface area (Å²) in [7, 11) is 0. The van der Waals surface area contributed by atoms with E-state index in [1.165, 1.54) is 12.8 Å². The van der Waals surface area contributed by atoms with Gasteiger partial charge < -0.3 is 15.8 Å². The van der Waals surface area contributed by atoms with Gasteiger partial charge in [0.05, 0.1) is 17.0 Å². The van der Waals surface area contributed by atoms with E-state index < -0.39 is 5.41 Å². The SMILES string of the molecule is CC(C)(C(=O)NCCOCC1CC1)C(N)=S. The number of nitrogens with one attached hydrogen (secondary N) is 1. The number of carbonyl (C=O) groups is 1. The van der Waals surface area contributed by atoms with Crippen molar-refractivity contribution in [2.24, 2.45) is 17.1 Å². The predicted octanol–water partition coefficient (Wildman–Crippen LogP) is 0.841. The largest absolute Gasteiger partial charge is 0.392 e. The van der Waals surface area contributed by atoms with Gasteiger partial charge >= 0.3 is 0 Å². The smallest absolute Gasteiger partial charge is 0.232 e. The molecular weight excluding hydrogens is 224 g/mol. The van der Waals surface area contributed by atoms with Crippen LogP contribution in [-0.4, -0.2) is 30.7 Å². The van der Waals surface area contributed by atoms with Crippen LogP contribution >= 0.6 is 12.2 Å². The van der Waals surface area contributed by atoms with Gasteiger partial charge in [-0.25, -0.2) is 0 Å². The van der Waals surface area contributed by atoms with Crippen molar-refractivity contribution in [2.75, 3.05) is 19.8 Å². The average molecular weight is 244 g/mol. The molecule has 0 heterocycles. The second-order valence-electron chi connectivity index (χ2n) is 4.76. The van der Waals surface area contributed by atoms with Gasteiger partial charge in [-0.2, -0.15) is 0 Å². The molecule has 0 unspecified atom stereocenters. The highest BCUT2D eigenvalue weighted by Crippen LogP contribution is 2.28. The zero-order valence-corrected chi connectivity index (χ0v) is 10.7. The fraction of sp³-hybridized carbons (Fsp3) is 0.818. The Balaban J connectivity index is 2.11. The first-order chi connectivity index (χ1) is 7.44. The molecule has 3 N–H and O–H groups in total. The highest BCUT2D eigenvalue weighted by Gasteiger charge is 2.30. The Hall–Kier alpha value is -0.680. The van der Waals surface area contributed by atoms with E-state index in [9.17, 15) is 4.79 Å². The van der Waals surface area contributed by atoms with Crippen molar-refractivity contribution in [2.45, 2.75) is 26.7 Å². The molecule has 92 valence electrons. The summed E-state index contributed by atoms with van der Waals surface area (Å²) in [5.41, 5.74) is 4.70. The van der Waals surface area contributed by atoms with E-state index in [1.807, 2.05) is 0 Å². The first-order valence-corrected chi connectivity index (χ1v) is 6.01. The Labute approximate surface area is 102 Å². The van der Waals surface area contributed by atoms with Crippen molar-refractivity contribution in [1.29, 1.82) is 0 Å². The molecule has 1 rings (SSSR count). The van der Waals surface area contributed by atoms with Crippen LogP contribution in [0.5, 0.6) is 0 Å². The highest BCUT2D eigenvalue weighted by molar-refractivity contribution is 7.80. The van der Waals surface area contributed by atoms with E-state index in [2.05, 4.69) is 5.32 Å². The third-order valence-corrected chi connectivity index (χ3v) is 3.28. The number of rotatable bonds is 7. The first-order valence-electron chi connectivity index (χ1n) is 5.60. The molecule has 1 aliphatic carbocycles. The second kappa shape index (κ2) is 5.59. The topological polar surface area (TPSA) is 64.3 Å². The molecule has 5 heteroatoms. The van der Waals surface area contributed by atoms with E-state index in [0.717, 1.165) is 12.5 Å². The van der Waals surface area contributed by atoms with E-state index in [4.69, 9.17) is 22.7 Å². The van der Waals surface area contributed by atoms with Gasteiger partial charge in [0.25, 0.3) is 0 Å². The fourth-order valence-electron chi connectivity index (χ4n) is 1.10. The van der Waals surface area contributed by atoms with Gasteiger partial charge in [0, 0.05) is 13.2 Å². The Morgan fingerprint density at radius 3 is 2.69 bits per heavy atom. The number of nitrogens with two attached hydrogens (primary N) is 1.